The number of H-pyrrole nitrogens is 1. The number of hydrogen-bond acceptors (Lipinski definition) is 4. The smallest absolute Gasteiger partial charge is 0.321 e. The Labute approximate surface area is 119 Å². The van der Waals surface area contributed by atoms with Gasteiger partial charge in [-0.05, 0) is 17.9 Å². The predicted octanol–water partition coefficient (Wildman–Crippen LogP) is 1.80. The van der Waals surface area contributed by atoms with Crippen LogP contribution in [0.25, 0.3) is 0 Å². The van der Waals surface area contributed by atoms with Crippen LogP contribution in [0.2, 0.25) is 0 Å². The van der Waals surface area contributed by atoms with Gasteiger partial charge in [-0.15, -0.1) is 0 Å². The first-order valence-corrected chi connectivity index (χ1v) is 6.98. The number of carbonyl (C=O) groups excluding carboxylic acids is 1. The summed E-state index contributed by atoms with van der Waals surface area (Å²) < 4.78 is 5.29. The minimum atomic E-state index is -0.563. The first-order valence-electron chi connectivity index (χ1n) is 5.86. The lowest BCUT2D eigenvalue weighted by Gasteiger charge is -2.18. The molecule has 1 aromatic heterocycles. The Bertz CT molecular complexity index is 435. The Kier molecular flexibility index (Phi) is 6.51. The highest BCUT2D eigenvalue weighted by atomic mass is 79.9. The van der Waals surface area contributed by atoms with Crippen molar-refractivity contribution in [3.8, 4) is 0 Å². The average molecular weight is 334 g/mol. The fourth-order valence-electron chi connectivity index (χ4n) is 1.52. The van der Waals surface area contributed by atoms with Gasteiger partial charge in [0.15, 0.2) is 5.69 Å². The number of ether oxygens (including phenoxy) is 1. The number of likely N-dealkylation sites (N-methyl/N-ethyl adjacent to an activating group) is 1. The maximum absolute atomic E-state index is 12.1. The van der Waals surface area contributed by atoms with Gasteiger partial charge < -0.3 is 19.8 Å². The third kappa shape index (κ3) is 4.64. The van der Waals surface area contributed by atoms with E-state index in [0.29, 0.717) is 26.3 Å². The van der Waals surface area contributed by atoms with Crippen LogP contribution < -0.4 is 0 Å². The molecule has 0 aliphatic heterocycles. The molecule has 1 aromatic rings. The summed E-state index contributed by atoms with van der Waals surface area (Å²) in [5.74, 6) is -0.451. The maximum Gasteiger partial charge on any atom is 0.321 e. The Morgan fingerprint density at radius 1 is 1.53 bits per heavy atom. The highest BCUT2D eigenvalue weighted by molar-refractivity contribution is 9.09. The second kappa shape index (κ2) is 7.90. The van der Waals surface area contributed by atoms with Crippen molar-refractivity contribution >= 4 is 27.7 Å². The highest BCUT2D eigenvalue weighted by Gasteiger charge is 2.20. The topological polar surface area (TPSA) is 88.5 Å². The standard InChI is InChI=1S/C11H16BrN3O4/c1-2-14(6-8-19-7-5-12)11(16)9-3-4-10(13-9)15(17)18/h3-4,13H,2,5-8H2,1H3. The number of alkyl halides is 1. The number of rotatable bonds is 8. The molecule has 0 radical (unpaired) electrons. The first kappa shape index (κ1) is 15.6. The van der Waals surface area contributed by atoms with Crippen molar-refractivity contribution in [2.75, 3.05) is 31.6 Å². The Morgan fingerprint density at radius 2 is 2.26 bits per heavy atom. The molecule has 0 aliphatic rings. The van der Waals surface area contributed by atoms with E-state index in [9.17, 15) is 14.9 Å². The van der Waals surface area contributed by atoms with Crippen molar-refractivity contribution in [2.24, 2.45) is 0 Å². The summed E-state index contributed by atoms with van der Waals surface area (Å²) in [5.41, 5.74) is 0.217. The van der Waals surface area contributed by atoms with Gasteiger partial charge in [-0.2, -0.15) is 0 Å². The molecule has 7 nitrogen and oxygen atoms in total. The number of carbonyl (C=O) groups is 1. The average Bonchev–Trinajstić information content (AvgIpc) is 2.88. The summed E-state index contributed by atoms with van der Waals surface area (Å²) in [6.07, 6.45) is 0. The monoisotopic (exact) mass is 333 g/mol. The summed E-state index contributed by atoms with van der Waals surface area (Å²) in [6.45, 7) is 3.84. The van der Waals surface area contributed by atoms with Gasteiger partial charge >= 0.3 is 5.82 Å². The fourth-order valence-corrected chi connectivity index (χ4v) is 1.75. The molecule has 0 spiro atoms. The quantitative estimate of drug-likeness (QED) is 0.340. The Hall–Kier alpha value is -1.41. The largest absolute Gasteiger partial charge is 0.379 e. The molecule has 8 heteroatoms. The zero-order chi connectivity index (χ0) is 14.3. The minimum Gasteiger partial charge on any atom is -0.379 e. The van der Waals surface area contributed by atoms with Gasteiger partial charge in [0.1, 0.15) is 0 Å². The molecular formula is C11H16BrN3O4. The molecule has 1 heterocycles. The molecule has 0 aliphatic carbocycles. The molecule has 19 heavy (non-hydrogen) atoms. The molecule has 106 valence electrons. The van der Waals surface area contributed by atoms with Crippen LogP contribution in [0.15, 0.2) is 12.1 Å². The van der Waals surface area contributed by atoms with Crippen molar-refractivity contribution in [1.29, 1.82) is 0 Å². The van der Waals surface area contributed by atoms with Gasteiger partial charge in [0.25, 0.3) is 5.91 Å². The SMILES string of the molecule is CCN(CCOCCBr)C(=O)c1ccc([N+](=O)[O-])[nH]1. The van der Waals surface area contributed by atoms with E-state index in [4.69, 9.17) is 4.74 Å². The molecule has 0 saturated heterocycles. The number of aromatic nitrogens is 1. The highest BCUT2D eigenvalue weighted by Crippen LogP contribution is 2.11. The van der Waals surface area contributed by atoms with Gasteiger partial charge in [-0.3, -0.25) is 4.79 Å². The fraction of sp³-hybridized carbons (Fsp3) is 0.545. The van der Waals surface area contributed by atoms with E-state index in [2.05, 4.69) is 20.9 Å². The van der Waals surface area contributed by atoms with Crippen molar-refractivity contribution in [3.63, 3.8) is 0 Å². The van der Waals surface area contributed by atoms with Crippen molar-refractivity contribution in [1.82, 2.24) is 9.88 Å². The first-order chi connectivity index (χ1) is 9.10. The molecule has 0 fully saturated rings. The van der Waals surface area contributed by atoms with Crippen LogP contribution in [0.3, 0.4) is 0 Å². The Morgan fingerprint density at radius 3 is 2.79 bits per heavy atom. The van der Waals surface area contributed by atoms with E-state index in [1.165, 1.54) is 12.1 Å². The van der Waals surface area contributed by atoms with Crippen LogP contribution in [-0.4, -0.2) is 52.3 Å². The lowest BCUT2D eigenvalue weighted by atomic mass is 10.3. The lowest BCUT2D eigenvalue weighted by Crippen LogP contribution is -2.34. The third-order valence-electron chi connectivity index (χ3n) is 2.49. The molecule has 1 N–H and O–H groups in total. The maximum atomic E-state index is 12.1. The normalized spacial score (nSPS) is 10.4. The predicted molar refractivity (Wildman–Crippen MR) is 73.6 cm³/mol. The number of amides is 1. The van der Waals surface area contributed by atoms with Crippen LogP contribution in [-0.2, 0) is 4.74 Å². The molecule has 0 bridgehead atoms. The third-order valence-corrected chi connectivity index (χ3v) is 2.82. The zero-order valence-corrected chi connectivity index (χ0v) is 12.2. The number of nitrogens with one attached hydrogen (secondary N) is 1. The van der Waals surface area contributed by atoms with Gasteiger partial charge in [-0.1, -0.05) is 15.9 Å². The summed E-state index contributed by atoms with van der Waals surface area (Å²) >= 11 is 3.24. The summed E-state index contributed by atoms with van der Waals surface area (Å²) in [6, 6.07) is 2.70. The van der Waals surface area contributed by atoms with E-state index >= 15 is 0 Å². The van der Waals surface area contributed by atoms with Crippen molar-refractivity contribution in [2.45, 2.75) is 6.92 Å². The molecule has 0 aromatic carbocycles. The lowest BCUT2D eigenvalue weighted by molar-refractivity contribution is -0.389. The van der Waals surface area contributed by atoms with E-state index in [1.807, 2.05) is 6.92 Å². The number of hydrogen-bond donors (Lipinski definition) is 1. The number of nitro groups is 1. The van der Waals surface area contributed by atoms with Gasteiger partial charge in [0.2, 0.25) is 0 Å². The van der Waals surface area contributed by atoms with E-state index < -0.39 is 4.92 Å². The molecule has 0 saturated carbocycles. The zero-order valence-electron chi connectivity index (χ0n) is 10.6. The van der Waals surface area contributed by atoms with Crippen LogP contribution in [0.1, 0.15) is 17.4 Å². The Balaban J connectivity index is 2.59. The molecule has 0 unspecified atom stereocenters. The van der Waals surface area contributed by atoms with Crippen molar-refractivity contribution < 1.29 is 14.5 Å². The van der Waals surface area contributed by atoms with Crippen LogP contribution in [0.4, 0.5) is 5.82 Å². The second-order valence-electron chi connectivity index (χ2n) is 3.70. The summed E-state index contributed by atoms with van der Waals surface area (Å²) in [4.78, 5) is 26.1. The van der Waals surface area contributed by atoms with E-state index in [0.717, 1.165) is 5.33 Å². The molecule has 1 rings (SSSR count). The van der Waals surface area contributed by atoms with Gasteiger partial charge in [0.05, 0.1) is 13.2 Å². The summed E-state index contributed by atoms with van der Waals surface area (Å²) in [7, 11) is 0. The van der Waals surface area contributed by atoms with E-state index in [1.54, 1.807) is 4.90 Å². The minimum absolute atomic E-state index is 0.185. The van der Waals surface area contributed by atoms with Crippen molar-refractivity contribution in [3.05, 3.63) is 27.9 Å². The summed E-state index contributed by atoms with van der Waals surface area (Å²) in [5, 5.41) is 11.3. The molecule has 1 amide bonds. The molecular weight excluding hydrogens is 318 g/mol. The van der Waals surface area contributed by atoms with Gasteiger partial charge in [-0.25, -0.2) is 4.98 Å². The van der Waals surface area contributed by atoms with Gasteiger partial charge in [0, 0.05) is 24.5 Å². The molecule has 0 atom stereocenters. The van der Waals surface area contributed by atoms with Crippen LogP contribution in [0.5, 0.6) is 0 Å². The number of nitrogens with zero attached hydrogens (tertiary/aromatic N) is 2. The second-order valence-corrected chi connectivity index (χ2v) is 4.49. The van der Waals surface area contributed by atoms with Crippen LogP contribution >= 0.6 is 15.9 Å². The number of halogens is 1. The number of aromatic amines is 1. The van der Waals surface area contributed by atoms with Crippen LogP contribution in [0, 0.1) is 10.1 Å². The van der Waals surface area contributed by atoms with E-state index in [-0.39, 0.29) is 17.4 Å².